The van der Waals surface area contributed by atoms with Crippen LogP contribution in [0.1, 0.15) is 26.2 Å². The van der Waals surface area contributed by atoms with Crippen molar-refractivity contribution in [2.45, 2.75) is 26.2 Å². The summed E-state index contributed by atoms with van der Waals surface area (Å²) in [5.74, 6) is 0. The number of unbranched alkanes of at least 4 members (excludes halogenated alkanes) is 1. The molecule has 0 heteroatoms. The quantitative estimate of drug-likeness (QED) is 0.491. The molecule has 1 aliphatic carbocycles. The summed E-state index contributed by atoms with van der Waals surface area (Å²) in [4.78, 5) is 0. The van der Waals surface area contributed by atoms with Crippen LogP contribution in [-0.2, 0) is 0 Å². The molecule has 0 fully saturated rings. The number of allylic oxidation sites excluding steroid dienone is 3. The van der Waals surface area contributed by atoms with Crippen LogP contribution in [0.4, 0.5) is 0 Å². The van der Waals surface area contributed by atoms with Gasteiger partial charge in [0.25, 0.3) is 0 Å². The first kappa shape index (κ1) is 6.38. The van der Waals surface area contributed by atoms with Gasteiger partial charge in [0.15, 0.2) is 0 Å². The number of hydrogen-bond acceptors (Lipinski definition) is 0. The minimum Gasteiger partial charge on any atom is -0.125 e. The van der Waals surface area contributed by atoms with E-state index in [1.807, 2.05) is 0 Å². The van der Waals surface area contributed by atoms with Crippen LogP contribution in [0.3, 0.4) is 0 Å². The molecule has 0 aromatic rings. The Kier molecular flexibility index (Phi) is 2.35. The summed E-state index contributed by atoms with van der Waals surface area (Å²) in [5.41, 5.74) is 4.49. The van der Waals surface area contributed by atoms with Crippen LogP contribution in [-0.4, -0.2) is 0 Å². The maximum Gasteiger partial charge on any atom is -0.00183 e. The normalized spacial score (nSPS) is 19.9. The molecule has 0 aromatic heterocycles. The minimum absolute atomic E-state index is 1.10. The highest BCUT2D eigenvalue weighted by molar-refractivity contribution is 5.26. The third kappa shape index (κ3) is 1.91. The van der Waals surface area contributed by atoms with E-state index in [4.69, 9.17) is 0 Å². The summed E-state index contributed by atoms with van der Waals surface area (Å²) >= 11 is 0. The average Bonchev–Trinajstić information content (AvgIpc) is 2.34. The van der Waals surface area contributed by atoms with Crippen molar-refractivity contribution in [1.82, 2.24) is 0 Å². The Morgan fingerprint density at radius 1 is 1.78 bits per heavy atom. The summed E-state index contributed by atoms with van der Waals surface area (Å²) < 4.78 is 0. The SMILES string of the molecule is CCC/C=C1\C=C=CC1. The van der Waals surface area contributed by atoms with E-state index in [1.54, 1.807) is 0 Å². The van der Waals surface area contributed by atoms with Crippen molar-refractivity contribution in [3.8, 4) is 0 Å². The molecule has 0 heterocycles. The van der Waals surface area contributed by atoms with Gasteiger partial charge < -0.3 is 0 Å². The molecule has 48 valence electrons. The van der Waals surface area contributed by atoms with E-state index >= 15 is 0 Å². The van der Waals surface area contributed by atoms with Crippen molar-refractivity contribution in [3.05, 3.63) is 29.5 Å². The molecule has 0 saturated carbocycles. The number of rotatable bonds is 2. The first-order valence-corrected chi connectivity index (χ1v) is 3.53. The van der Waals surface area contributed by atoms with Gasteiger partial charge in [0.1, 0.15) is 0 Å². The van der Waals surface area contributed by atoms with Crippen LogP contribution < -0.4 is 0 Å². The van der Waals surface area contributed by atoms with Gasteiger partial charge in [-0.05, 0) is 30.6 Å². The zero-order valence-corrected chi connectivity index (χ0v) is 5.85. The van der Waals surface area contributed by atoms with Crippen molar-refractivity contribution in [1.29, 1.82) is 0 Å². The fourth-order valence-corrected chi connectivity index (χ4v) is 0.874. The summed E-state index contributed by atoms with van der Waals surface area (Å²) in [5, 5.41) is 0. The third-order valence-electron chi connectivity index (χ3n) is 1.42. The molecular formula is C9H12. The lowest BCUT2D eigenvalue weighted by Gasteiger charge is -1.89. The minimum atomic E-state index is 1.10. The van der Waals surface area contributed by atoms with Gasteiger partial charge in [0.05, 0.1) is 0 Å². The Bertz CT molecular complexity index is 166. The molecule has 0 atom stereocenters. The van der Waals surface area contributed by atoms with Gasteiger partial charge in [-0.2, -0.15) is 0 Å². The lowest BCUT2D eigenvalue weighted by Crippen LogP contribution is -1.70. The van der Waals surface area contributed by atoms with Crippen LogP contribution >= 0.6 is 0 Å². The molecule has 9 heavy (non-hydrogen) atoms. The largest absolute Gasteiger partial charge is 0.125 e. The second-order valence-electron chi connectivity index (χ2n) is 2.29. The Labute approximate surface area is 56.6 Å². The van der Waals surface area contributed by atoms with E-state index in [2.05, 4.69) is 30.9 Å². The molecule has 1 rings (SSSR count). The highest BCUT2D eigenvalue weighted by Crippen LogP contribution is 2.10. The highest BCUT2D eigenvalue weighted by Gasteiger charge is 1.91. The third-order valence-corrected chi connectivity index (χ3v) is 1.42. The number of hydrogen-bond donors (Lipinski definition) is 0. The molecule has 0 aliphatic heterocycles. The summed E-state index contributed by atoms with van der Waals surface area (Å²) in [6, 6.07) is 0. The van der Waals surface area contributed by atoms with Gasteiger partial charge in [0.2, 0.25) is 0 Å². The van der Waals surface area contributed by atoms with Crippen molar-refractivity contribution >= 4 is 0 Å². The maximum atomic E-state index is 3.06. The van der Waals surface area contributed by atoms with Crippen LogP contribution in [0.5, 0.6) is 0 Å². The van der Waals surface area contributed by atoms with Crippen LogP contribution in [0.2, 0.25) is 0 Å². The predicted molar refractivity (Wildman–Crippen MR) is 40.3 cm³/mol. The fourth-order valence-electron chi connectivity index (χ4n) is 0.874. The molecule has 1 aliphatic rings. The first-order chi connectivity index (χ1) is 4.43. The standard InChI is InChI=1S/C9H12/c1-2-3-6-9-7-4-5-8-9/h4,6,8H,2-3,7H2,1H3/b9-6-. The second-order valence-corrected chi connectivity index (χ2v) is 2.29. The van der Waals surface area contributed by atoms with Crippen LogP contribution in [0, 0.1) is 0 Å². The van der Waals surface area contributed by atoms with Crippen molar-refractivity contribution < 1.29 is 0 Å². The van der Waals surface area contributed by atoms with Crippen molar-refractivity contribution in [2.24, 2.45) is 0 Å². The molecule has 0 N–H and O–H groups in total. The molecule has 0 saturated heterocycles. The maximum absolute atomic E-state index is 3.06. The highest BCUT2D eigenvalue weighted by atomic mass is 14.0. The van der Waals surface area contributed by atoms with E-state index in [-0.39, 0.29) is 0 Å². The van der Waals surface area contributed by atoms with E-state index in [1.165, 1.54) is 18.4 Å². The lowest BCUT2D eigenvalue weighted by atomic mass is 10.2. The second kappa shape index (κ2) is 3.32. The van der Waals surface area contributed by atoms with Crippen LogP contribution in [0.15, 0.2) is 29.5 Å². The van der Waals surface area contributed by atoms with Gasteiger partial charge in [-0.1, -0.05) is 19.4 Å². The average molecular weight is 120 g/mol. The first-order valence-electron chi connectivity index (χ1n) is 3.53. The van der Waals surface area contributed by atoms with E-state index in [9.17, 15) is 0 Å². The van der Waals surface area contributed by atoms with Gasteiger partial charge in [-0.3, -0.25) is 0 Å². The fraction of sp³-hybridized carbons (Fsp3) is 0.444. The Morgan fingerprint density at radius 2 is 2.67 bits per heavy atom. The molecule has 0 amide bonds. The molecule has 0 unspecified atom stereocenters. The van der Waals surface area contributed by atoms with Gasteiger partial charge in [0, 0.05) is 0 Å². The van der Waals surface area contributed by atoms with Gasteiger partial charge in [-0.25, -0.2) is 0 Å². The van der Waals surface area contributed by atoms with E-state index in [0.29, 0.717) is 0 Å². The van der Waals surface area contributed by atoms with Gasteiger partial charge >= 0.3 is 0 Å². The van der Waals surface area contributed by atoms with E-state index in [0.717, 1.165) is 6.42 Å². The van der Waals surface area contributed by atoms with Gasteiger partial charge in [-0.15, -0.1) is 5.73 Å². The van der Waals surface area contributed by atoms with E-state index < -0.39 is 0 Å². The Balaban J connectivity index is 2.36. The van der Waals surface area contributed by atoms with Crippen molar-refractivity contribution in [2.75, 3.05) is 0 Å². The summed E-state index contributed by atoms with van der Waals surface area (Å²) in [6.45, 7) is 2.20. The lowest BCUT2D eigenvalue weighted by molar-refractivity contribution is 0.949. The summed E-state index contributed by atoms with van der Waals surface area (Å²) in [7, 11) is 0. The summed E-state index contributed by atoms with van der Waals surface area (Å²) in [6.07, 6.45) is 9.98. The van der Waals surface area contributed by atoms with Crippen molar-refractivity contribution in [3.63, 3.8) is 0 Å². The van der Waals surface area contributed by atoms with Crippen LogP contribution in [0.25, 0.3) is 0 Å². The zero-order valence-electron chi connectivity index (χ0n) is 5.85. The smallest absolute Gasteiger partial charge is 0.00183 e. The monoisotopic (exact) mass is 120 g/mol. The molecule has 0 radical (unpaired) electrons. The molecule has 0 aromatic carbocycles. The zero-order chi connectivity index (χ0) is 6.53. The predicted octanol–water partition coefficient (Wildman–Crippen LogP) is 2.83. The topological polar surface area (TPSA) is 0 Å². The Hall–Kier alpha value is -0.740. The molecule has 0 nitrogen and oxygen atoms in total. The molecule has 0 spiro atoms. The molecular weight excluding hydrogens is 108 g/mol. The Morgan fingerprint density at radius 3 is 3.22 bits per heavy atom. The molecule has 0 bridgehead atoms.